The predicted molar refractivity (Wildman–Crippen MR) is 149 cm³/mol. The number of fused-ring (bicyclic) bond motifs is 1. The van der Waals surface area contributed by atoms with Crippen LogP contribution in [0.5, 0.6) is 0 Å². The molecular weight excluding hydrogens is 515 g/mol. The number of hydrogen-bond acceptors (Lipinski definition) is 6. The maximum atomic E-state index is 13.8. The molecule has 2 N–H and O–H groups in total. The van der Waals surface area contributed by atoms with Crippen LogP contribution in [0.4, 0.5) is 24.9 Å². The van der Waals surface area contributed by atoms with Crippen LogP contribution in [0, 0.1) is 6.92 Å². The van der Waals surface area contributed by atoms with Crippen molar-refractivity contribution < 1.29 is 13.2 Å². The number of alkyl halides is 3. The number of halogens is 4. The fourth-order valence-corrected chi connectivity index (χ4v) is 4.48. The lowest BCUT2D eigenvalue weighted by molar-refractivity contribution is -0.0869. The van der Waals surface area contributed by atoms with Gasteiger partial charge in [0.1, 0.15) is 11.7 Å². The Morgan fingerprint density at radius 2 is 2.00 bits per heavy atom. The zero-order valence-electron chi connectivity index (χ0n) is 22.3. The second-order valence-electron chi connectivity index (χ2n) is 9.11. The maximum absolute atomic E-state index is 13.8. The van der Waals surface area contributed by atoms with Gasteiger partial charge < -0.3 is 20.4 Å². The minimum Gasteiger partial charge on any atom is -0.366 e. The number of hydrogen-bond donors (Lipinski definition) is 2. The first-order valence-electron chi connectivity index (χ1n) is 12.5. The second-order valence-corrected chi connectivity index (χ2v) is 9.51. The Balaban J connectivity index is 1.94. The molecule has 0 bridgehead atoms. The first kappa shape index (κ1) is 29.4. The van der Waals surface area contributed by atoms with Crippen molar-refractivity contribution in [1.29, 1.82) is 0 Å². The summed E-state index contributed by atoms with van der Waals surface area (Å²) in [7, 11) is 5.18. The number of aryl methyl sites for hydroxylation is 1. The SMILES string of the molecule is C=C/C=C(\C(=NC)N1CCc2nc(N(C)CCNC)nc(NCc3ccc(C)c(Cl)c3)c2CC1)C(F)(F)F. The molecule has 0 unspecified atom stereocenters. The van der Waals surface area contributed by atoms with Crippen molar-refractivity contribution >= 4 is 29.2 Å². The molecule has 0 fully saturated rings. The fourth-order valence-electron chi connectivity index (χ4n) is 4.27. The molecular formula is C27H35ClF3N7. The van der Waals surface area contributed by atoms with Crippen LogP contribution in [0.3, 0.4) is 0 Å². The first-order valence-corrected chi connectivity index (χ1v) is 12.8. The van der Waals surface area contributed by atoms with Crippen molar-refractivity contribution in [2.24, 2.45) is 4.99 Å². The summed E-state index contributed by atoms with van der Waals surface area (Å²) in [5.74, 6) is 1.13. The van der Waals surface area contributed by atoms with Crippen molar-refractivity contribution in [2.75, 3.05) is 57.5 Å². The van der Waals surface area contributed by atoms with Crippen LogP contribution in [0.2, 0.25) is 5.02 Å². The summed E-state index contributed by atoms with van der Waals surface area (Å²) in [5, 5.41) is 7.24. The molecule has 1 aromatic heterocycles. The van der Waals surface area contributed by atoms with Gasteiger partial charge in [-0.15, -0.1) is 0 Å². The average molecular weight is 550 g/mol. The van der Waals surface area contributed by atoms with E-state index < -0.39 is 11.7 Å². The van der Waals surface area contributed by atoms with Crippen molar-refractivity contribution in [1.82, 2.24) is 20.2 Å². The number of rotatable bonds is 9. The highest BCUT2D eigenvalue weighted by molar-refractivity contribution is 6.31. The van der Waals surface area contributed by atoms with E-state index in [-0.39, 0.29) is 5.84 Å². The van der Waals surface area contributed by atoms with Crippen LogP contribution >= 0.6 is 11.6 Å². The molecule has 7 nitrogen and oxygen atoms in total. The number of aliphatic imine (C=N–C) groups is 1. The minimum absolute atomic E-state index is 0.103. The number of benzene rings is 1. The average Bonchev–Trinajstić information content (AvgIpc) is 3.10. The molecule has 1 aliphatic rings. The number of allylic oxidation sites excluding steroid dienone is 2. The van der Waals surface area contributed by atoms with Gasteiger partial charge in [-0.3, -0.25) is 4.99 Å². The molecule has 206 valence electrons. The van der Waals surface area contributed by atoms with E-state index in [1.165, 1.54) is 7.05 Å². The summed E-state index contributed by atoms with van der Waals surface area (Å²) in [4.78, 5) is 17.3. The standard InChI is InChI=1S/C27H35ClF3N7/c1-6-7-21(27(29,30)31)25(33-4)38-13-10-20-23(11-14-38)35-26(37(5)15-12-32-3)36-24(20)34-17-19-9-8-18(2)22(28)16-19/h6-9,16,32H,1,10-15,17H2,2-5H3,(H,34,35,36)/b21-7+,33-25?. The number of aromatic nitrogens is 2. The summed E-state index contributed by atoms with van der Waals surface area (Å²) in [6.45, 7) is 8.02. The molecule has 1 aliphatic heterocycles. The van der Waals surface area contributed by atoms with Crippen LogP contribution in [-0.2, 0) is 19.4 Å². The molecule has 0 radical (unpaired) electrons. The molecule has 38 heavy (non-hydrogen) atoms. The van der Waals surface area contributed by atoms with Gasteiger partial charge in [0.2, 0.25) is 5.95 Å². The zero-order chi connectivity index (χ0) is 27.9. The Kier molecular flexibility index (Phi) is 10.2. The van der Waals surface area contributed by atoms with E-state index >= 15 is 0 Å². The lowest BCUT2D eigenvalue weighted by Crippen LogP contribution is -2.38. The molecule has 11 heteroatoms. The van der Waals surface area contributed by atoms with E-state index in [9.17, 15) is 13.2 Å². The molecule has 3 rings (SSSR count). The van der Waals surface area contributed by atoms with Gasteiger partial charge in [0.05, 0.1) is 11.3 Å². The van der Waals surface area contributed by atoms with E-state index in [0.717, 1.165) is 41.1 Å². The number of likely N-dealkylation sites (N-methyl/N-ethyl adjacent to an activating group) is 2. The van der Waals surface area contributed by atoms with Gasteiger partial charge in [0.15, 0.2) is 0 Å². The third-order valence-electron chi connectivity index (χ3n) is 6.41. The largest absolute Gasteiger partial charge is 0.419 e. The van der Waals surface area contributed by atoms with Crippen LogP contribution in [0.25, 0.3) is 0 Å². The van der Waals surface area contributed by atoms with Gasteiger partial charge >= 0.3 is 6.18 Å². The van der Waals surface area contributed by atoms with Gasteiger partial charge in [-0.1, -0.05) is 36.4 Å². The van der Waals surface area contributed by atoms with Gasteiger partial charge in [0, 0.05) is 63.8 Å². The van der Waals surface area contributed by atoms with Crippen molar-refractivity contribution in [3.05, 3.63) is 69.9 Å². The summed E-state index contributed by atoms with van der Waals surface area (Å²) in [6, 6.07) is 5.89. The number of anilines is 2. The molecule has 0 saturated heterocycles. The van der Waals surface area contributed by atoms with E-state index in [4.69, 9.17) is 21.6 Å². The van der Waals surface area contributed by atoms with Crippen molar-refractivity contribution in [2.45, 2.75) is 32.5 Å². The Labute approximate surface area is 227 Å². The van der Waals surface area contributed by atoms with Crippen molar-refractivity contribution in [3.63, 3.8) is 0 Å². The molecule has 0 spiro atoms. The highest BCUT2D eigenvalue weighted by atomic mass is 35.5. The lowest BCUT2D eigenvalue weighted by Gasteiger charge is -2.26. The van der Waals surface area contributed by atoms with Crippen LogP contribution in [0.15, 0.2) is 47.5 Å². The van der Waals surface area contributed by atoms with E-state index in [2.05, 4.69) is 22.2 Å². The molecule has 2 heterocycles. The third-order valence-corrected chi connectivity index (χ3v) is 6.82. The van der Waals surface area contributed by atoms with Gasteiger partial charge in [-0.05, 0) is 43.7 Å². The zero-order valence-corrected chi connectivity index (χ0v) is 23.0. The maximum Gasteiger partial charge on any atom is 0.419 e. The summed E-state index contributed by atoms with van der Waals surface area (Å²) < 4.78 is 41.4. The molecule has 2 aromatic rings. The number of amidine groups is 1. The fraction of sp³-hybridized carbons (Fsp3) is 0.444. The molecule has 1 aromatic carbocycles. The summed E-state index contributed by atoms with van der Waals surface area (Å²) in [5.41, 5.74) is 2.90. The Morgan fingerprint density at radius 1 is 1.26 bits per heavy atom. The molecule has 0 saturated carbocycles. The van der Waals surface area contributed by atoms with Crippen molar-refractivity contribution in [3.8, 4) is 0 Å². The van der Waals surface area contributed by atoms with E-state index in [0.29, 0.717) is 55.8 Å². The second kappa shape index (κ2) is 13.1. The first-order chi connectivity index (χ1) is 18.1. The highest BCUT2D eigenvalue weighted by Gasteiger charge is 2.39. The van der Waals surface area contributed by atoms with E-state index in [1.807, 2.05) is 44.1 Å². The normalized spacial score (nSPS) is 14.7. The van der Waals surface area contributed by atoms with Crippen LogP contribution < -0.4 is 15.5 Å². The third kappa shape index (κ3) is 7.26. The quantitative estimate of drug-likeness (QED) is 0.266. The van der Waals surface area contributed by atoms with Gasteiger partial charge in [0.25, 0.3) is 0 Å². The van der Waals surface area contributed by atoms with Crippen LogP contribution in [0.1, 0.15) is 22.4 Å². The van der Waals surface area contributed by atoms with Crippen LogP contribution in [-0.4, -0.2) is 74.2 Å². The minimum atomic E-state index is -4.55. The smallest absolute Gasteiger partial charge is 0.366 e. The number of nitrogens with zero attached hydrogens (tertiary/aromatic N) is 5. The topological polar surface area (TPSA) is 68.7 Å². The molecule has 0 atom stereocenters. The van der Waals surface area contributed by atoms with Gasteiger partial charge in [-0.2, -0.15) is 18.2 Å². The van der Waals surface area contributed by atoms with Gasteiger partial charge in [-0.25, -0.2) is 4.98 Å². The monoisotopic (exact) mass is 549 g/mol. The summed E-state index contributed by atoms with van der Waals surface area (Å²) >= 11 is 6.31. The highest BCUT2D eigenvalue weighted by Crippen LogP contribution is 2.30. The Bertz CT molecular complexity index is 1190. The lowest BCUT2D eigenvalue weighted by atomic mass is 10.1. The summed E-state index contributed by atoms with van der Waals surface area (Å²) in [6.07, 6.45) is -1.53. The Morgan fingerprint density at radius 3 is 2.63 bits per heavy atom. The number of nitrogens with one attached hydrogen (secondary N) is 2. The molecule has 0 amide bonds. The molecule has 0 aliphatic carbocycles. The predicted octanol–water partition coefficient (Wildman–Crippen LogP) is 4.81. The van der Waals surface area contributed by atoms with E-state index in [1.54, 1.807) is 4.90 Å². The Hall–Kier alpha value is -3.11.